The largest absolute Gasteiger partial charge is 0.496 e. The number of methoxy groups -OCH3 is 1. The molecule has 3 N–H and O–H groups in total. The van der Waals surface area contributed by atoms with Crippen molar-refractivity contribution in [3.8, 4) is 17.1 Å². The molecule has 2 aromatic rings. The predicted molar refractivity (Wildman–Crippen MR) is 77.0 cm³/mol. The third kappa shape index (κ3) is 2.85. The van der Waals surface area contributed by atoms with Crippen LogP contribution in [0, 0.1) is 0 Å². The molecule has 0 aliphatic rings. The van der Waals surface area contributed by atoms with E-state index in [2.05, 4.69) is 15.5 Å². The molecule has 0 saturated heterocycles. The second-order valence-corrected chi connectivity index (χ2v) is 4.78. The maximum atomic E-state index is 11.2. The molecular formula is C12H15N5O2S. The fourth-order valence-electron chi connectivity index (χ4n) is 1.59. The third-order valence-electron chi connectivity index (χ3n) is 2.62. The molecule has 0 unspecified atom stereocenters. The molecule has 0 spiro atoms. The number of nitrogens with two attached hydrogens (primary N) is 1. The van der Waals surface area contributed by atoms with Gasteiger partial charge in [0.15, 0.2) is 5.82 Å². The van der Waals surface area contributed by atoms with E-state index in [0.29, 0.717) is 16.7 Å². The maximum Gasteiger partial charge on any atom is 0.230 e. The van der Waals surface area contributed by atoms with Crippen LogP contribution in [0.15, 0.2) is 29.4 Å². The van der Waals surface area contributed by atoms with Crippen LogP contribution in [0.5, 0.6) is 5.75 Å². The molecule has 1 heterocycles. The molecule has 1 aromatic heterocycles. The van der Waals surface area contributed by atoms with Gasteiger partial charge in [0.05, 0.1) is 18.4 Å². The highest BCUT2D eigenvalue weighted by molar-refractivity contribution is 7.99. The number of rotatable bonds is 5. The number of nitrogens with zero attached hydrogens (tertiary/aromatic N) is 3. The van der Waals surface area contributed by atoms with Crippen molar-refractivity contribution in [2.75, 3.05) is 25.8 Å². The van der Waals surface area contributed by atoms with Gasteiger partial charge in [0.1, 0.15) is 5.75 Å². The van der Waals surface area contributed by atoms with Gasteiger partial charge in [-0.25, -0.2) is 4.68 Å². The van der Waals surface area contributed by atoms with E-state index in [9.17, 15) is 4.79 Å². The molecule has 0 aliphatic carbocycles. The van der Waals surface area contributed by atoms with E-state index in [4.69, 9.17) is 10.6 Å². The Morgan fingerprint density at radius 1 is 1.45 bits per heavy atom. The lowest BCUT2D eigenvalue weighted by Crippen LogP contribution is -2.20. The Morgan fingerprint density at radius 3 is 2.90 bits per heavy atom. The number of ether oxygens (including phenoxy) is 1. The Balaban J connectivity index is 2.26. The number of hydrogen-bond donors (Lipinski definition) is 2. The summed E-state index contributed by atoms with van der Waals surface area (Å²) in [4.78, 5) is 11.2. The van der Waals surface area contributed by atoms with Crippen LogP contribution in [0.3, 0.4) is 0 Å². The second-order valence-electron chi connectivity index (χ2n) is 3.84. The van der Waals surface area contributed by atoms with Crippen molar-refractivity contribution in [3.63, 3.8) is 0 Å². The summed E-state index contributed by atoms with van der Waals surface area (Å²) in [7, 11) is 3.16. The van der Waals surface area contributed by atoms with E-state index in [-0.39, 0.29) is 11.7 Å². The molecule has 1 amide bonds. The van der Waals surface area contributed by atoms with Crippen molar-refractivity contribution >= 4 is 17.7 Å². The molecule has 0 atom stereocenters. The lowest BCUT2D eigenvalue weighted by Gasteiger charge is -2.07. The maximum absolute atomic E-state index is 11.2. The van der Waals surface area contributed by atoms with Crippen LogP contribution >= 0.6 is 11.8 Å². The summed E-state index contributed by atoms with van der Waals surface area (Å²) in [5, 5.41) is 11.0. The van der Waals surface area contributed by atoms with Crippen molar-refractivity contribution in [2.45, 2.75) is 5.16 Å². The molecule has 7 nitrogen and oxygen atoms in total. The summed E-state index contributed by atoms with van der Waals surface area (Å²) in [5.74, 6) is 7.25. The van der Waals surface area contributed by atoms with E-state index in [1.165, 1.54) is 16.4 Å². The molecule has 0 aliphatic heterocycles. The average Bonchev–Trinajstić information content (AvgIpc) is 2.85. The lowest BCUT2D eigenvalue weighted by atomic mass is 10.2. The van der Waals surface area contributed by atoms with Gasteiger partial charge in [0.25, 0.3) is 0 Å². The van der Waals surface area contributed by atoms with Crippen LogP contribution in [0.1, 0.15) is 0 Å². The highest BCUT2D eigenvalue weighted by atomic mass is 32.2. The Bertz CT molecular complexity index is 614. The van der Waals surface area contributed by atoms with Gasteiger partial charge in [-0.3, -0.25) is 4.79 Å². The molecule has 2 rings (SSSR count). The van der Waals surface area contributed by atoms with Gasteiger partial charge in [-0.05, 0) is 12.1 Å². The van der Waals surface area contributed by atoms with Crippen molar-refractivity contribution in [1.82, 2.24) is 20.2 Å². The number of hydrogen-bond acceptors (Lipinski definition) is 6. The molecule has 0 saturated carbocycles. The number of carbonyl (C=O) groups excluding carboxylic acids is 1. The highest BCUT2D eigenvalue weighted by Gasteiger charge is 2.16. The lowest BCUT2D eigenvalue weighted by molar-refractivity contribution is -0.118. The summed E-state index contributed by atoms with van der Waals surface area (Å²) in [6, 6.07) is 7.39. The molecule has 106 valence electrons. The first kappa shape index (κ1) is 14.2. The van der Waals surface area contributed by atoms with E-state index in [1.807, 2.05) is 24.3 Å². The molecule has 0 radical (unpaired) electrons. The summed E-state index contributed by atoms with van der Waals surface area (Å²) in [5.41, 5.74) is 0.747. The zero-order valence-corrected chi connectivity index (χ0v) is 12.0. The topological polar surface area (TPSA) is 95.1 Å². The number of thioether (sulfide) groups is 1. The molecule has 0 fully saturated rings. The van der Waals surface area contributed by atoms with E-state index in [1.54, 1.807) is 14.2 Å². The van der Waals surface area contributed by atoms with Gasteiger partial charge in [-0.15, -0.1) is 10.2 Å². The van der Waals surface area contributed by atoms with Crippen LogP contribution in [0.25, 0.3) is 11.4 Å². The number of nitrogen functional groups attached to an aromatic ring is 1. The number of benzene rings is 1. The number of carbonyl (C=O) groups is 1. The van der Waals surface area contributed by atoms with Gasteiger partial charge in [0.2, 0.25) is 11.1 Å². The summed E-state index contributed by atoms with van der Waals surface area (Å²) in [6.45, 7) is 0. The SMILES string of the molecule is CNC(=O)CSc1nnc(-c2ccccc2OC)n1N. The van der Waals surface area contributed by atoms with Gasteiger partial charge in [-0.2, -0.15) is 0 Å². The number of amides is 1. The first-order chi connectivity index (χ1) is 9.67. The number of aromatic nitrogens is 3. The Labute approximate surface area is 120 Å². The van der Waals surface area contributed by atoms with E-state index >= 15 is 0 Å². The Hall–Kier alpha value is -2.22. The minimum Gasteiger partial charge on any atom is -0.496 e. The molecule has 20 heavy (non-hydrogen) atoms. The van der Waals surface area contributed by atoms with E-state index in [0.717, 1.165) is 5.56 Å². The Morgan fingerprint density at radius 2 is 2.20 bits per heavy atom. The predicted octanol–water partition coefficient (Wildman–Crippen LogP) is 0.506. The van der Waals surface area contributed by atoms with Crippen molar-refractivity contribution in [2.24, 2.45) is 0 Å². The molecule has 0 bridgehead atoms. The monoisotopic (exact) mass is 293 g/mol. The minimum atomic E-state index is -0.100. The second kappa shape index (κ2) is 6.29. The van der Waals surface area contributed by atoms with E-state index < -0.39 is 0 Å². The minimum absolute atomic E-state index is 0.100. The number of para-hydroxylation sites is 1. The van der Waals surface area contributed by atoms with Gasteiger partial charge in [0, 0.05) is 7.05 Å². The van der Waals surface area contributed by atoms with Gasteiger partial charge >= 0.3 is 0 Å². The molecule has 8 heteroatoms. The Kier molecular flexibility index (Phi) is 4.46. The first-order valence-electron chi connectivity index (χ1n) is 5.84. The fourth-order valence-corrected chi connectivity index (χ4v) is 2.32. The summed E-state index contributed by atoms with van der Waals surface area (Å²) < 4.78 is 6.62. The fraction of sp³-hybridized carbons (Fsp3) is 0.250. The highest BCUT2D eigenvalue weighted by Crippen LogP contribution is 2.29. The van der Waals surface area contributed by atoms with Crippen LogP contribution in [-0.4, -0.2) is 40.7 Å². The van der Waals surface area contributed by atoms with Crippen LogP contribution in [0.2, 0.25) is 0 Å². The van der Waals surface area contributed by atoms with Crippen LogP contribution in [0.4, 0.5) is 0 Å². The smallest absolute Gasteiger partial charge is 0.230 e. The van der Waals surface area contributed by atoms with Crippen molar-refractivity contribution < 1.29 is 9.53 Å². The van der Waals surface area contributed by atoms with Crippen LogP contribution < -0.4 is 15.9 Å². The van der Waals surface area contributed by atoms with Crippen LogP contribution in [-0.2, 0) is 4.79 Å². The van der Waals surface area contributed by atoms with Gasteiger partial charge in [-0.1, -0.05) is 23.9 Å². The zero-order chi connectivity index (χ0) is 14.5. The summed E-state index contributed by atoms with van der Waals surface area (Å²) >= 11 is 1.22. The quantitative estimate of drug-likeness (QED) is 0.616. The normalized spacial score (nSPS) is 10.3. The van der Waals surface area contributed by atoms with Crippen molar-refractivity contribution in [3.05, 3.63) is 24.3 Å². The summed E-state index contributed by atoms with van der Waals surface area (Å²) in [6.07, 6.45) is 0. The first-order valence-corrected chi connectivity index (χ1v) is 6.83. The third-order valence-corrected chi connectivity index (χ3v) is 3.57. The van der Waals surface area contributed by atoms with Crippen molar-refractivity contribution in [1.29, 1.82) is 0 Å². The zero-order valence-electron chi connectivity index (χ0n) is 11.2. The average molecular weight is 293 g/mol. The molecular weight excluding hydrogens is 278 g/mol. The number of nitrogens with one attached hydrogen (secondary N) is 1. The standard InChI is InChI=1S/C12H15N5O2S/c1-14-10(18)7-20-12-16-15-11(17(12)13)8-5-3-4-6-9(8)19-2/h3-6H,7,13H2,1-2H3,(H,14,18). The van der Waals surface area contributed by atoms with Gasteiger partial charge < -0.3 is 15.9 Å². The molecule has 1 aromatic carbocycles.